The molecule has 0 spiro atoms. The minimum Gasteiger partial charge on any atom is -0.497 e. The molecule has 0 fully saturated rings. The number of carbonyl (C=O) groups excluding carboxylic acids is 1. The standard InChI is InChI=1S/C23H21N3O4S/c1-14-4-6-15(7-5-14)17-12-31-22-21(17)23(28)26(13-24-22)11-20(27)25-18-9-8-16(29-2)10-19(18)30-3/h4-10,12-13H,11H2,1-3H3,(H,25,27). The summed E-state index contributed by atoms with van der Waals surface area (Å²) >= 11 is 1.41. The van der Waals surface area contributed by atoms with Crippen LogP contribution in [0.5, 0.6) is 11.5 Å². The molecule has 7 nitrogen and oxygen atoms in total. The van der Waals surface area contributed by atoms with Gasteiger partial charge >= 0.3 is 0 Å². The summed E-state index contributed by atoms with van der Waals surface area (Å²) < 4.78 is 11.8. The second-order valence-electron chi connectivity index (χ2n) is 6.99. The molecule has 0 saturated heterocycles. The van der Waals surface area contributed by atoms with Crippen molar-refractivity contribution in [1.29, 1.82) is 0 Å². The lowest BCUT2D eigenvalue weighted by Gasteiger charge is -2.12. The number of hydrogen-bond donors (Lipinski definition) is 1. The number of fused-ring (bicyclic) bond motifs is 1. The van der Waals surface area contributed by atoms with E-state index >= 15 is 0 Å². The molecule has 158 valence electrons. The molecular weight excluding hydrogens is 414 g/mol. The molecule has 1 N–H and O–H groups in total. The van der Waals surface area contributed by atoms with Crippen molar-refractivity contribution in [2.75, 3.05) is 19.5 Å². The number of methoxy groups -OCH3 is 2. The summed E-state index contributed by atoms with van der Waals surface area (Å²) in [6.45, 7) is 1.85. The van der Waals surface area contributed by atoms with Gasteiger partial charge in [-0.15, -0.1) is 11.3 Å². The van der Waals surface area contributed by atoms with E-state index in [4.69, 9.17) is 9.47 Å². The molecule has 0 aliphatic rings. The molecule has 4 aromatic rings. The second kappa shape index (κ2) is 8.61. The Morgan fingerprint density at radius 3 is 2.61 bits per heavy atom. The fourth-order valence-corrected chi connectivity index (χ4v) is 4.18. The van der Waals surface area contributed by atoms with E-state index in [1.165, 1.54) is 29.3 Å². The molecule has 31 heavy (non-hydrogen) atoms. The number of amides is 1. The van der Waals surface area contributed by atoms with Crippen molar-refractivity contribution < 1.29 is 14.3 Å². The molecule has 0 atom stereocenters. The van der Waals surface area contributed by atoms with Crippen molar-refractivity contribution in [3.05, 3.63) is 70.1 Å². The normalized spacial score (nSPS) is 10.8. The fraction of sp³-hybridized carbons (Fsp3) is 0.174. The Morgan fingerprint density at radius 2 is 1.90 bits per heavy atom. The van der Waals surface area contributed by atoms with Crippen LogP contribution in [-0.2, 0) is 11.3 Å². The number of nitrogens with zero attached hydrogens (tertiary/aromatic N) is 2. The van der Waals surface area contributed by atoms with Gasteiger partial charge in [0.1, 0.15) is 22.9 Å². The monoisotopic (exact) mass is 435 g/mol. The zero-order chi connectivity index (χ0) is 22.0. The van der Waals surface area contributed by atoms with Crippen LogP contribution in [0.25, 0.3) is 21.3 Å². The van der Waals surface area contributed by atoms with Gasteiger partial charge in [-0.2, -0.15) is 0 Å². The van der Waals surface area contributed by atoms with E-state index in [-0.39, 0.29) is 18.0 Å². The van der Waals surface area contributed by atoms with Crippen molar-refractivity contribution in [1.82, 2.24) is 9.55 Å². The average Bonchev–Trinajstić information content (AvgIpc) is 3.21. The summed E-state index contributed by atoms with van der Waals surface area (Å²) in [5.41, 5.74) is 3.15. The number of carbonyl (C=O) groups is 1. The largest absolute Gasteiger partial charge is 0.497 e. The maximum absolute atomic E-state index is 13.2. The number of hydrogen-bond acceptors (Lipinski definition) is 6. The molecule has 0 saturated carbocycles. The first-order valence-corrected chi connectivity index (χ1v) is 10.4. The zero-order valence-corrected chi connectivity index (χ0v) is 18.2. The maximum atomic E-state index is 13.2. The van der Waals surface area contributed by atoms with Gasteiger partial charge in [-0.1, -0.05) is 29.8 Å². The van der Waals surface area contributed by atoms with Gasteiger partial charge in [-0.25, -0.2) is 4.98 Å². The van der Waals surface area contributed by atoms with Gasteiger partial charge in [0.05, 0.1) is 31.6 Å². The third kappa shape index (κ3) is 4.15. The van der Waals surface area contributed by atoms with Gasteiger partial charge in [0, 0.05) is 17.0 Å². The summed E-state index contributed by atoms with van der Waals surface area (Å²) in [6, 6.07) is 13.1. The number of ether oxygens (including phenoxy) is 2. The zero-order valence-electron chi connectivity index (χ0n) is 17.3. The lowest BCUT2D eigenvalue weighted by atomic mass is 10.1. The van der Waals surface area contributed by atoms with E-state index < -0.39 is 0 Å². The lowest BCUT2D eigenvalue weighted by Crippen LogP contribution is -2.27. The van der Waals surface area contributed by atoms with Gasteiger partial charge in [0.15, 0.2) is 0 Å². The summed E-state index contributed by atoms with van der Waals surface area (Å²) in [6.07, 6.45) is 1.41. The number of aryl methyl sites for hydroxylation is 1. The van der Waals surface area contributed by atoms with Crippen LogP contribution in [-0.4, -0.2) is 29.7 Å². The second-order valence-corrected chi connectivity index (χ2v) is 7.85. The third-order valence-electron chi connectivity index (χ3n) is 4.92. The van der Waals surface area contributed by atoms with Crippen molar-refractivity contribution in [2.45, 2.75) is 13.5 Å². The highest BCUT2D eigenvalue weighted by molar-refractivity contribution is 7.17. The molecular formula is C23H21N3O4S. The summed E-state index contributed by atoms with van der Waals surface area (Å²) in [5.74, 6) is 0.716. The minimum absolute atomic E-state index is 0.167. The molecule has 0 bridgehead atoms. The number of aromatic nitrogens is 2. The quantitative estimate of drug-likeness (QED) is 0.493. The Labute approximate surface area is 182 Å². The smallest absolute Gasteiger partial charge is 0.263 e. The first-order valence-electron chi connectivity index (χ1n) is 9.55. The molecule has 8 heteroatoms. The highest BCUT2D eigenvalue weighted by atomic mass is 32.1. The van der Waals surface area contributed by atoms with E-state index in [2.05, 4.69) is 10.3 Å². The number of thiophene rings is 1. The average molecular weight is 436 g/mol. The molecule has 2 heterocycles. The summed E-state index contributed by atoms with van der Waals surface area (Å²) in [4.78, 5) is 30.8. The molecule has 2 aromatic carbocycles. The maximum Gasteiger partial charge on any atom is 0.263 e. The van der Waals surface area contributed by atoms with Crippen LogP contribution in [0.2, 0.25) is 0 Å². The molecule has 4 rings (SSSR count). The van der Waals surface area contributed by atoms with E-state index in [9.17, 15) is 9.59 Å². The SMILES string of the molecule is COc1ccc(NC(=O)Cn2cnc3scc(-c4ccc(C)cc4)c3c2=O)c(OC)c1. The summed E-state index contributed by atoms with van der Waals surface area (Å²) in [5, 5.41) is 5.23. The van der Waals surface area contributed by atoms with E-state index in [0.29, 0.717) is 27.4 Å². The highest BCUT2D eigenvalue weighted by Gasteiger charge is 2.16. The lowest BCUT2D eigenvalue weighted by molar-refractivity contribution is -0.116. The topological polar surface area (TPSA) is 82.5 Å². The van der Waals surface area contributed by atoms with Gasteiger partial charge in [-0.05, 0) is 24.6 Å². The summed E-state index contributed by atoms with van der Waals surface area (Å²) in [7, 11) is 3.06. The third-order valence-corrected chi connectivity index (χ3v) is 5.81. The van der Waals surface area contributed by atoms with Crippen molar-refractivity contribution in [3.8, 4) is 22.6 Å². The first kappa shape index (κ1) is 20.6. The fourth-order valence-electron chi connectivity index (χ4n) is 3.27. The van der Waals surface area contributed by atoms with Crippen LogP contribution < -0.4 is 20.3 Å². The number of anilines is 1. The van der Waals surface area contributed by atoms with Crippen LogP contribution in [0.3, 0.4) is 0 Å². The molecule has 0 unspecified atom stereocenters. The molecule has 0 aliphatic carbocycles. The molecule has 2 aromatic heterocycles. The number of rotatable bonds is 6. The molecule has 1 amide bonds. The van der Waals surface area contributed by atoms with E-state index in [0.717, 1.165) is 16.7 Å². The molecule has 0 aliphatic heterocycles. The predicted molar refractivity (Wildman–Crippen MR) is 122 cm³/mol. The van der Waals surface area contributed by atoms with Crippen molar-refractivity contribution >= 4 is 33.1 Å². The van der Waals surface area contributed by atoms with Crippen LogP contribution in [0.4, 0.5) is 5.69 Å². The van der Waals surface area contributed by atoms with Crippen molar-refractivity contribution in [3.63, 3.8) is 0 Å². The van der Waals surface area contributed by atoms with Crippen LogP contribution in [0, 0.1) is 6.92 Å². The Hall–Kier alpha value is -3.65. The van der Waals surface area contributed by atoms with Crippen LogP contribution in [0.15, 0.2) is 59.0 Å². The van der Waals surface area contributed by atoms with Crippen molar-refractivity contribution in [2.24, 2.45) is 0 Å². The Morgan fingerprint density at radius 1 is 1.13 bits per heavy atom. The Balaban J connectivity index is 1.62. The van der Waals surface area contributed by atoms with Crippen LogP contribution in [0.1, 0.15) is 5.56 Å². The van der Waals surface area contributed by atoms with Crippen LogP contribution >= 0.6 is 11.3 Å². The van der Waals surface area contributed by atoms with E-state index in [1.54, 1.807) is 25.3 Å². The predicted octanol–water partition coefficient (Wildman–Crippen LogP) is 4.09. The van der Waals surface area contributed by atoms with E-state index in [1.807, 2.05) is 36.6 Å². The van der Waals surface area contributed by atoms with Gasteiger partial charge in [0.25, 0.3) is 5.56 Å². The number of nitrogens with one attached hydrogen (secondary N) is 1. The Bertz CT molecular complexity index is 1310. The minimum atomic E-state index is -0.362. The number of benzene rings is 2. The van der Waals surface area contributed by atoms with Gasteiger partial charge in [-0.3, -0.25) is 14.2 Å². The van der Waals surface area contributed by atoms with Gasteiger partial charge < -0.3 is 14.8 Å². The Kier molecular flexibility index (Phi) is 5.73. The molecule has 0 radical (unpaired) electrons. The highest BCUT2D eigenvalue weighted by Crippen LogP contribution is 2.31. The first-order chi connectivity index (χ1) is 15.0. The van der Waals surface area contributed by atoms with Gasteiger partial charge in [0.2, 0.25) is 5.91 Å².